The fraction of sp³-hybridized carbons (Fsp3) is 0.316. The third-order valence-corrected chi connectivity index (χ3v) is 5.78. The monoisotopic (exact) mass is 390 g/mol. The third kappa shape index (κ3) is 4.00. The Labute approximate surface area is 161 Å². The van der Waals surface area contributed by atoms with Gasteiger partial charge in [0.25, 0.3) is 0 Å². The number of ketones is 1. The zero-order chi connectivity index (χ0) is 18.2. The number of hydrogen-bond acceptors (Lipinski definition) is 4. The van der Waals surface area contributed by atoms with E-state index in [2.05, 4.69) is 24.9 Å². The molecule has 1 aliphatic rings. The molecule has 0 N–H and O–H groups in total. The summed E-state index contributed by atoms with van der Waals surface area (Å²) in [6.45, 7) is 4.13. The van der Waals surface area contributed by atoms with Crippen LogP contribution in [-0.4, -0.2) is 10.8 Å². The number of halogens is 2. The number of benzene rings is 1. The molecule has 0 bridgehead atoms. The van der Waals surface area contributed by atoms with E-state index in [0.717, 1.165) is 17.7 Å². The standard InChI is InChI=1S/C19H16Cl2N2OS/c1-19(2)7-16-14(17(24)8-19)5-12(9-22)18(23-16)25-10-11-3-4-13(20)6-15(11)21/h3-6H,7-8,10H2,1-2H3. The second-order valence-corrected chi connectivity index (χ2v) is 8.72. The van der Waals surface area contributed by atoms with Gasteiger partial charge in [0, 0.05) is 27.8 Å². The Hall–Kier alpha value is -1.54. The summed E-state index contributed by atoms with van der Waals surface area (Å²) >= 11 is 13.6. The number of pyridine rings is 1. The largest absolute Gasteiger partial charge is 0.294 e. The number of nitriles is 1. The van der Waals surface area contributed by atoms with E-state index in [1.165, 1.54) is 11.8 Å². The smallest absolute Gasteiger partial charge is 0.165 e. The first-order valence-corrected chi connectivity index (χ1v) is 9.57. The average Bonchev–Trinajstić information content (AvgIpc) is 2.52. The molecule has 25 heavy (non-hydrogen) atoms. The highest BCUT2D eigenvalue weighted by Gasteiger charge is 2.32. The molecule has 0 spiro atoms. The lowest BCUT2D eigenvalue weighted by atomic mass is 9.75. The Morgan fingerprint density at radius 3 is 2.72 bits per heavy atom. The van der Waals surface area contributed by atoms with Crippen molar-refractivity contribution in [3.8, 4) is 6.07 Å². The number of nitrogens with zero attached hydrogens (tertiary/aromatic N) is 2. The van der Waals surface area contributed by atoms with Crippen molar-refractivity contribution in [3.63, 3.8) is 0 Å². The Balaban J connectivity index is 1.91. The fourth-order valence-corrected chi connectivity index (χ4v) is 4.46. The van der Waals surface area contributed by atoms with Gasteiger partial charge in [0.1, 0.15) is 11.1 Å². The van der Waals surface area contributed by atoms with Crippen molar-refractivity contribution in [3.05, 3.63) is 56.7 Å². The van der Waals surface area contributed by atoms with Crippen LogP contribution in [0.5, 0.6) is 0 Å². The van der Waals surface area contributed by atoms with E-state index < -0.39 is 0 Å². The molecule has 6 heteroatoms. The normalized spacial score (nSPS) is 15.6. The molecule has 128 valence electrons. The molecule has 0 saturated carbocycles. The number of hydrogen-bond donors (Lipinski definition) is 0. The van der Waals surface area contributed by atoms with Crippen LogP contribution in [-0.2, 0) is 12.2 Å². The lowest BCUT2D eigenvalue weighted by Gasteiger charge is -2.29. The molecular formula is C19H16Cl2N2OS. The number of carbonyl (C=O) groups is 1. The Bertz CT molecular complexity index is 903. The lowest BCUT2D eigenvalue weighted by molar-refractivity contribution is 0.0910. The van der Waals surface area contributed by atoms with E-state index in [4.69, 9.17) is 23.2 Å². The van der Waals surface area contributed by atoms with Crippen LogP contribution in [0.25, 0.3) is 0 Å². The summed E-state index contributed by atoms with van der Waals surface area (Å²) in [5.41, 5.74) is 2.62. The van der Waals surface area contributed by atoms with Crippen molar-refractivity contribution in [1.82, 2.24) is 4.98 Å². The minimum Gasteiger partial charge on any atom is -0.294 e. The predicted molar refractivity (Wildman–Crippen MR) is 101 cm³/mol. The molecule has 0 radical (unpaired) electrons. The summed E-state index contributed by atoms with van der Waals surface area (Å²) in [6, 6.07) is 9.20. The highest BCUT2D eigenvalue weighted by molar-refractivity contribution is 7.98. The van der Waals surface area contributed by atoms with Crippen LogP contribution < -0.4 is 0 Å². The fourth-order valence-electron chi connectivity index (χ4n) is 2.93. The van der Waals surface area contributed by atoms with Crippen LogP contribution in [0.4, 0.5) is 0 Å². The highest BCUT2D eigenvalue weighted by atomic mass is 35.5. The highest BCUT2D eigenvalue weighted by Crippen LogP contribution is 2.37. The van der Waals surface area contributed by atoms with Gasteiger partial charge in [0.2, 0.25) is 0 Å². The molecule has 1 aromatic carbocycles. The summed E-state index contributed by atoms with van der Waals surface area (Å²) < 4.78 is 0. The van der Waals surface area contributed by atoms with Crippen molar-refractivity contribution < 1.29 is 4.79 Å². The van der Waals surface area contributed by atoms with E-state index in [9.17, 15) is 10.1 Å². The summed E-state index contributed by atoms with van der Waals surface area (Å²) in [4.78, 5) is 17.0. The molecule has 3 nitrogen and oxygen atoms in total. The number of aromatic nitrogens is 1. The number of fused-ring (bicyclic) bond motifs is 1. The molecule has 1 heterocycles. The van der Waals surface area contributed by atoms with Gasteiger partial charge in [-0.3, -0.25) is 4.79 Å². The van der Waals surface area contributed by atoms with Crippen molar-refractivity contribution in [1.29, 1.82) is 5.26 Å². The lowest BCUT2D eigenvalue weighted by Crippen LogP contribution is -2.28. The van der Waals surface area contributed by atoms with Gasteiger partial charge in [-0.2, -0.15) is 5.26 Å². The Morgan fingerprint density at radius 2 is 2.04 bits per heavy atom. The second-order valence-electron chi connectivity index (χ2n) is 6.91. The maximum absolute atomic E-state index is 12.4. The molecule has 0 amide bonds. The summed E-state index contributed by atoms with van der Waals surface area (Å²) in [6.07, 6.45) is 1.22. The Morgan fingerprint density at radius 1 is 1.28 bits per heavy atom. The SMILES string of the molecule is CC1(C)CC(=O)c2cc(C#N)c(SCc3ccc(Cl)cc3Cl)nc2C1. The first-order valence-electron chi connectivity index (χ1n) is 7.83. The van der Waals surface area contributed by atoms with Crippen LogP contribution in [0.3, 0.4) is 0 Å². The molecule has 0 fully saturated rings. The van der Waals surface area contributed by atoms with Crippen molar-refractivity contribution in [2.24, 2.45) is 5.41 Å². The van der Waals surface area contributed by atoms with Gasteiger partial charge in [0.05, 0.1) is 11.3 Å². The number of Topliss-reactive ketones (excluding diaryl/α,β-unsaturated/α-hetero) is 1. The van der Waals surface area contributed by atoms with Gasteiger partial charge in [-0.1, -0.05) is 43.1 Å². The van der Waals surface area contributed by atoms with E-state index in [1.54, 1.807) is 18.2 Å². The first-order chi connectivity index (χ1) is 11.8. The minimum absolute atomic E-state index is 0.0625. The van der Waals surface area contributed by atoms with Gasteiger partial charge in [-0.25, -0.2) is 4.98 Å². The molecule has 1 aromatic heterocycles. The van der Waals surface area contributed by atoms with Crippen molar-refractivity contribution in [2.45, 2.75) is 37.5 Å². The maximum Gasteiger partial charge on any atom is 0.165 e. The third-order valence-electron chi connectivity index (χ3n) is 4.15. The van der Waals surface area contributed by atoms with Crippen LogP contribution in [0.2, 0.25) is 10.0 Å². The van der Waals surface area contributed by atoms with Gasteiger partial charge in [-0.05, 0) is 35.6 Å². The Kier molecular flexibility index (Phi) is 5.11. The van der Waals surface area contributed by atoms with Crippen LogP contribution >= 0.6 is 35.0 Å². The number of carbonyl (C=O) groups excluding carboxylic acids is 1. The first kappa shape index (κ1) is 18.3. The van der Waals surface area contributed by atoms with Gasteiger partial charge in [0.15, 0.2) is 5.78 Å². The molecule has 3 rings (SSSR count). The second kappa shape index (κ2) is 6.99. The van der Waals surface area contributed by atoms with E-state index in [0.29, 0.717) is 38.4 Å². The van der Waals surface area contributed by atoms with Gasteiger partial charge < -0.3 is 0 Å². The maximum atomic E-state index is 12.4. The van der Waals surface area contributed by atoms with Crippen LogP contribution in [0.15, 0.2) is 29.3 Å². The number of thioether (sulfide) groups is 1. The zero-order valence-electron chi connectivity index (χ0n) is 13.9. The summed E-state index contributed by atoms with van der Waals surface area (Å²) in [5, 5.41) is 11.3. The van der Waals surface area contributed by atoms with E-state index in [-0.39, 0.29) is 11.2 Å². The average molecular weight is 391 g/mol. The van der Waals surface area contributed by atoms with Crippen LogP contribution in [0, 0.1) is 16.7 Å². The van der Waals surface area contributed by atoms with Crippen LogP contribution in [0.1, 0.15) is 47.4 Å². The molecule has 0 unspecified atom stereocenters. The molecule has 2 aromatic rings. The summed E-state index contributed by atoms with van der Waals surface area (Å²) in [5.74, 6) is 0.640. The quantitative estimate of drug-likeness (QED) is 0.629. The molecule has 0 saturated heterocycles. The van der Waals surface area contributed by atoms with Gasteiger partial charge >= 0.3 is 0 Å². The topological polar surface area (TPSA) is 53.8 Å². The van der Waals surface area contributed by atoms with Crippen molar-refractivity contribution >= 4 is 40.7 Å². The number of rotatable bonds is 3. The van der Waals surface area contributed by atoms with E-state index in [1.807, 2.05) is 6.07 Å². The zero-order valence-corrected chi connectivity index (χ0v) is 16.2. The molecule has 0 aliphatic heterocycles. The van der Waals surface area contributed by atoms with E-state index >= 15 is 0 Å². The predicted octanol–water partition coefficient (Wildman–Crippen LogP) is 5.71. The molecule has 1 aliphatic carbocycles. The van der Waals surface area contributed by atoms with Gasteiger partial charge in [-0.15, -0.1) is 11.8 Å². The van der Waals surface area contributed by atoms with Crippen molar-refractivity contribution in [2.75, 3.05) is 0 Å². The minimum atomic E-state index is -0.104. The summed E-state index contributed by atoms with van der Waals surface area (Å²) in [7, 11) is 0. The molecular weight excluding hydrogens is 375 g/mol. The molecule has 0 atom stereocenters.